The Labute approximate surface area is 170 Å². The maximum Gasteiger partial charge on any atom is 0.238 e. The van der Waals surface area contributed by atoms with Crippen LogP contribution < -0.4 is 5.32 Å². The van der Waals surface area contributed by atoms with Crippen LogP contribution in [0.5, 0.6) is 0 Å². The van der Waals surface area contributed by atoms with E-state index in [0.717, 1.165) is 17.0 Å². The summed E-state index contributed by atoms with van der Waals surface area (Å²) in [7, 11) is 0. The SMILES string of the molecule is Cc1ccccc1NC(=O)CN(Cc1ccc2ccccc2c1)Cc1ccco1. The number of benzene rings is 3. The van der Waals surface area contributed by atoms with E-state index in [9.17, 15) is 4.79 Å². The van der Waals surface area contributed by atoms with Gasteiger partial charge in [-0.15, -0.1) is 0 Å². The number of furan rings is 1. The average molecular weight is 384 g/mol. The minimum absolute atomic E-state index is 0.0355. The average Bonchev–Trinajstić information content (AvgIpc) is 3.22. The summed E-state index contributed by atoms with van der Waals surface area (Å²) in [5.41, 5.74) is 3.06. The maximum absolute atomic E-state index is 12.7. The van der Waals surface area contributed by atoms with E-state index in [2.05, 4.69) is 40.5 Å². The smallest absolute Gasteiger partial charge is 0.238 e. The zero-order chi connectivity index (χ0) is 20.1. The molecule has 0 fully saturated rings. The second kappa shape index (κ2) is 8.76. The van der Waals surface area contributed by atoms with Crippen LogP contribution in [0.4, 0.5) is 5.69 Å². The molecule has 0 atom stereocenters. The number of aryl methyl sites for hydroxylation is 1. The number of nitrogens with zero attached hydrogens (tertiary/aromatic N) is 1. The number of rotatable bonds is 7. The van der Waals surface area contributed by atoms with Gasteiger partial charge >= 0.3 is 0 Å². The first-order valence-electron chi connectivity index (χ1n) is 9.75. The van der Waals surface area contributed by atoms with Crippen LogP contribution in [0.1, 0.15) is 16.9 Å². The Kier molecular flexibility index (Phi) is 5.73. The largest absolute Gasteiger partial charge is 0.468 e. The Bertz CT molecular complexity index is 1100. The number of hydrogen-bond donors (Lipinski definition) is 1. The summed E-state index contributed by atoms with van der Waals surface area (Å²) >= 11 is 0. The van der Waals surface area contributed by atoms with Gasteiger partial charge in [0, 0.05) is 12.2 Å². The van der Waals surface area contributed by atoms with Crippen molar-refractivity contribution in [2.75, 3.05) is 11.9 Å². The number of nitrogens with one attached hydrogen (secondary N) is 1. The fourth-order valence-electron chi connectivity index (χ4n) is 3.49. The molecule has 4 rings (SSSR count). The number of carbonyl (C=O) groups excluding carboxylic acids is 1. The van der Waals surface area contributed by atoms with Crippen molar-refractivity contribution in [1.29, 1.82) is 0 Å². The van der Waals surface area contributed by atoms with E-state index < -0.39 is 0 Å². The molecular weight excluding hydrogens is 360 g/mol. The molecule has 0 saturated carbocycles. The summed E-state index contributed by atoms with van der Waals surface area (Å²) in [4.78, 5) is 14.8. The lowest BCUT2D eigenvalue weighted by atomic mass is 10.1. The zero-order valence-electron chi connectivity index (χ0n) is 16.5. The predicted molar refractivity (Wildman–Crippen MR) is 117 cm³/mol. The predicted octanol–water partition coefficient (Wildman–Crippen LogP) is 5.38. The highest BCUT2D eigenvalue weighted by molar-refractivity contribution is 5.93. The van der Waals surface area contributed by atoms with Crippen molar-refractivity contribution < 1.29 is 9.21 Å². The molecule has 0 aliphatic carbocycles. The van der Waals surface area contributed by atoms with E-state index in [1.807, 2.05) is 55.5 Å². The van der Waals surface area contributed by atoms with Crippen molar-refractivity contribution in [2.45, 2.75) is 20.0 Å². The quantitative estimate of drug-likeness (QED) is 0.465. The van der Waals surface area contributed by atoms with Gasteiger partial charge in [-0.1, -0.05) is 54.6 Å². The summed E-state index contributed by atoms with van der Waals surface area (Å²) in [6.45, 7) is 3.50. The molecule has 3 aromatic carbocycles. The second-order valence-electron chi connectivity index (χ2n) is 7.27. The van der Waals surface area contributed by atoms with Crippen molar-refractivity contribution in [1.82, 2.24) is 4.90 Å². The van der Waals surface area contributed by atoms with Crippen LogP contribution in [-0.2, 0) is 17.9 Å². The molecule has 1 N–H and O–H groups in total. The lowest BCUT2D eigenvalue weighted by molar-refractivity contribution is -0.117. The van der Waals surface area contributed by atoms with Gasteiger partial charge in [-0.05, 0) is 53.1 Å². The van der Waals surface area contributed by atoms with E-state index in [4.69, 9.17) is 4.42 Å². The third kappa shape index (κ3) is 4.92. The van der Waals surface area contributed by atoms with E-state index in [1.54, 1.807) is 6.26 Å². The molecule has 1 amide bonds. The van der Waals surface area contributed by atoms with Crippen LogP contribution >= 0.6 is 0 Å². The van der Waals surface area contributed by atoms with Crippen LogP contribution in [0.3, 0.4) is 0 Å². The molecule has 0 radical (unpaired) electrons. The zero-order valence-corrected chi connectivity index (χ0v) is 16.5. The molecule has 4 heteroatoms. The fourth-order valence-corrected chi connectivity index (χ4v) is 3.49. The summed E-state index contributed by atoms with van der Waals surface area (Å²) < 4.78 is 5.52. The fraction of sp³-hybridized carbons (Fsp3) is 0.160. The van der Waals surface area contributed by atoms with Gasteiger partial charge in [-0.25, -0.2) is 0 Å². The number of carbonyl (C=O) groups is 1. The van der Waals surface area contributed by atoms with Gasteiger partial charge in [-0.3, -0.25) is 9.69 Å². The third-order valence-corrected chi connectivity index (χ3v) is 4.97. The molecule has 0 aliphatic rings. The Morgan fingerprint density at radius 2 is 1.69 bits per heavy atom. The third-order valence-electron chi connectivity index (χ3n) is 4.97. The molecule has 146 valence electrons. The van der Waals surface area contributed by atoms with Crippen molar-refractivity contribution in [3.8, 4) is 0 Å². The van der Waals surface area contributed by atoms with E-state index in [0.29, 0.717) is 13.1 Å². The first-order chi connectivity index (χ1) is 14.2. The molecule has 4 nitrogen and oxygen atoms in total. The lowest BCUT2D eigenvalue weighted by Crippen LogP contribution is -2.32. The molecule has 29 heavy (non-hydrogen) atoms. The van der Waals surface area contributed by atoms with Crippen LogP contribution in [0.2, 0.25) is 0 Å². The standard InChI is InChI=1S/C25H24N2O2/c1-19-7-2-5-11-24(19)26-25(28)18-27(17-23-10-6-14-29-23)16-20-12-13-21-8-3-4-9-22(21)15-20/h2-15H,16-18H2,1H3,(H,26,28). The minimum Gasteiger partial charge on any atom is -0.468 e. The van der Waals surface area contributed by atoms with Crippen molar-refractivity contribution in [3.63, 3.8) is 0 Å². The molecule has 4 aromatic rings. The van der Waals surface area contributed by atoms with Crippen LogP contribution in [-0.4, -0.2) is 17.4 Å². The number of hydrogen-bond acceptors (Lipinski definition) is 3. The monoisotopic (exact) mass is 384 g/mol. The highest BCUT2D eigenvalue weighted by Gasteiger charge is 2.14. The number of para-hydroxylation sites is 1. The molecule has 0 spiro atoms. The lowest BCUT2D eigenvalue weighted by Gasteiger charge is -2.21. The normalized spacial score (nSPS) is 11.1. The Hall–Kier alpha value is -3.37. The molecule has 0 unspecified atom stereocenters. The number of amides is 1. The Morgan fingerprint density at radius 3 is 2.48 bits per heavy atom. The second-order valence-corrected chi connectivity index (χ2v) is 7.27. The van der Waals surface area contributed by atoms with Crippen molar-refractivity contribution in [2.24, 2.45) is 0 Å². The van der Waals surface area contributed by atoms with Gasteiger partial charge < -0.3 is 9.73 Å². The Balaban J connectivity index is 1.50. The Morgan fingerprint density at radius 1 is 0.897 bits per heavy atom. The highest BCUT2D eigenvalue weighted by atomic mass is 16.3. The van der Waals surface area contributed by atoms with Crippen molar-refractivity contribution >= 4 is 22.4 Å². The van der Waals surface area contributed by atoms with Crippen LogP contribution in [0.15, 0.2) is 89.5 Å². The first-order valence-corrected chi connectivity index (χ1v) is 9.75. The number of fused-ring (bicyclic) bond motifs is 1. The van der Waals surface area contributed by atoms with E-state index in [-0.39, 0.29) is 12.5 Å². The molecule has 0 saturated heterocycles. The molecule has 1 aromatic heterocycles. The summed E-state index contributed by atoms with van der Waals surface area (Å²) in [5, 5.41) is 5.44. The topological polar surface area (TPSA) is 45.5 Å². The molecule has 0 bridgehead atoms. The van der Waals surface area contributed by atoms with E-state index in [1.165, 1.54) is 16.3 Å². The van der Waals surface area contributed by atoms with Gasteiger partial charge in [0.05, 0.1) is 19.4 Å². The van der Waals surface area contributed by atoms with E-state index >= 15 is 0 Å². The van der Waals surface area contributed by atoms with Gasteiger partial charge in [0.1, 0.15) is 5.76 Å². The van der Waals surface area contributed by atoms with Crippen LogP contribution in [0, 0.1) is 6.92 Å². The summed E-state index contributed by atoms with van der Waals surface area (Å²) in [6, 6.07) is 26.4. The molecular formula is C25H24N2O2. The summed E-state index contributed by atoms with van der Waals surface area (Å²) in [5.74, 6) is 0.807. The molecule has 1 heterocycles. The van der Waals surface area contributed by atoms with Gasteiger partial charge in [0.25, 0.3) is 0 Å². The summed E-state index contributed by atoms with van der Waals surface area (Å²) in [6.07, 6.45) is 1.66. The van der Waals surface area contributed by atoms with Gasteiger partial charge in [-0.2, -0.15) is 0 Å². The highest BCUT2D eigenvalue weighted by Crippen LogP contribution is 2.18. The van der Waals surface area contributed by atoms with Gasteiger partial charge in [0.15, 0.2) is 0 Å². The van der Waals surface area contributed by atoms with Crippen LogP contribution in [0.25, 0.3) is 10.8 Å². The van der Waals surface area contributed by atoms with Gasteiger partial charge in [0.2, 0.25) is 5.91 Å². The first kappa shape index (κ1) is 19.0. The maximum atomic E-state index is 12.7. The minimum atomic E-state index is -0.0355. The molecule has 0 aliphatic heterocycles. The number of anilines is 1. The van der Waals surface area contributed by atoms with Crippen molar-refractivity contribution in [3.05, 3.63) is 102 Å².